The fourth-order valence-corrected chi connectivity index (χ4v) is 1.94. The molecular formula is C15H34N2OS. The van der Waals surface area contributed by atoms with E-state index in [1.165, 1.54) is 64.2 Å². The number of carbonyl (C=O) groups is 1. The van der Waals surface area contributed by atoms with Crippen LogP contribution in [0.4, 0.5) is 0 Å². The lowest BCUT2D eigenvalue weighted by molar-refractivity contribution is -0.120. The van der Waals surface area contributed by atoms with Gasteiger partial charge in [0.05, 0.1) is 0 Å². The highest BCUT2D eigenvalue weighted by atomic mass is 32.1. The second-order valence-corrected chi connectivity index (χ2v) is 5.32. The molecule has 0 unspecified atom stereocenters. The molecule has 116 valence electrons. The maximum absolute atomic E-state index is 10.1. The molecule has 0 aromatic rings. The molecule has 0 atom stereocenters. The number of unbranched alkanes of at least 4 members (excludes halogenated alkanes) is 9. The first-order chi connectivity index (χ1) is 9.22. The highest BCUT2D eigenvalue weighted by Crippen LogP contribution is 2.09. The molecule has 0 aliphatic heterocycles. The van der Waals surface area contributed by atoms with Crippen LogP contribution < -0.4 is 11.3 Å². The van der Waals surface area contributed by atoms with Crippen LogP contribution in [0.25, 0.3) is 0 Å². The van der Waals surface area contributed by atoms with Crippen LogP contribution in [-0.2, 0) is 4.79 Å². The molecule has 3 N–H and O–H groups in total. The summed E-state index contributed by atoms with van der Waals surface area (Å²) in [5.41, 5.74) is 1.98. The summed E-state index contributed by atoms with van der Waals surface area (Å²) in [6.07, 6.45) is 14.8. The number of hydrazine groups is 1. The Morgan fingerprint density at radius 3 is 1.47 bits per heavy atom. The Morgan fingerprint density at radius 2 is 1.26 bits per heavy atom. The Labute approximate surface area is 125 Å². The maximum Gasteiger partial charge on any atom is 0.234 e. The van der Waals surface area contributed by atoms with Gasteiger partial charge in [0.1, 0.15) is 0 Å². The topological polar surface area (TPSA) is 55.1 Å². The SMILES string of the molecule is CCCCCCCCCCCC.NNC(=O)CCS. The first-order valence-electron chi connectivity index (χ1n) is 7.83. The smallest absolute Gasteiger partial charge is 0.234 e. The van der Waals surface area contributed by atoms with Crippen molar-refractivity contribution in [2.45, 2.75) is 84.5 Å². The molecule has 0 aliphatic carbocycles. The van der Waals surface area contributed by atoms with Gasteiger partial charge < -0.3 is 0 Å². The van der Waals surface area contributed by atoms with E-state index in [-0.39, 0.29) is 5.91 Å². The van der Waals surface area contributed by atoms with E-state index < -0.39 is 0 Å². The highest BCUT2D eigenvalue weighted by Gasteiger charge is 1.91. The van der Waals surface area contributed by atoms with Gasteiger partial charge in [0.2, 0.25) is 5.91 Å². The van der Waals surface area contributed by atoms with Gasteiger partial charge in [-0.1, -0.05) is 78.1 Å². The number of hydrogen-bond acceptors (Lipinski definition) is 3. The molecule has 1 amide bonds. The molecule has 0 saturated carbocycles. The second kappa shape index (κ2) is 20.1. The third-order valence-electron chi connectivity index (χ3n) is 2.96. The lowest BCUT2D eigenvalue weighted by Crippen LogP contribution is -2.29. The van der Waals surface area contributed by atoms with E-state index >= 15 is 0 Å². The normalized spacial score (nSPS) is 9.68. The standard InChI is InChI=1S/C12H26.C3H8N2OS/c1-3-5-7-9-11-12-10-8-6-4-2;4-5-3(6)1-2-7/h3-12H2,1-2H3;7H,1-2,4H2,(H,5,6). The van der Waals surface area contributed by atoms with Gasteiger partial charge in [-0.25, -0.2) is 5.84 Å². The highest BCUT2D eigenvalue weighted by molar-refractivity contribution is 7.80. The second-order valence-electron chi connectivity index (χ2n) is 4.87. The van der Waals surface area contributed by atoms with Crippen LogP contribution in [-0.4, -0.2) is 11.7 Å². The molecule has 3 nitrogen and oxygen atoms in total. The van der Waals surface area contributed by atoms with Gasteiger partial charge in [0.25, 0.3) is 0 Å². The third kappa shape index (κ3) is 23.3. The van der Waals surface area contributed by atoms with Crippen molar-refractivity contribution in [2.75, 3.05) is 5.75 Å². The van der Waals surface area contributed by atoms with Crippen LogP contribution in [0.5, 0.6) is 0 Å². The van der Waals surface area contributed by atoms with E-state index in [0.29, 0.717) is 12.2 Å². The molecule has 4 heteroatoms. The van der Waals surface area contributed by atoms with Crippen LogP contribution in [0.2, 0.25) is 0 Å². The van der Waals surface area contributed by atoms with Crippen LogP contribution >= 0.6 is 12.6 Å². The minimum Gasteiger partial charge on any atom is -0.294 e. The monoisotopic (exact) mass is 290 g/mol. The number of hydrogen-bond donors (Lipinski definition) is 3. The first kappa shape index (κ1) is 21.1. The van der Waals surface area contributed by atoms with E-state index in [2.05, 4.69) is 26.5 Å². The van der Waals surface area contributed by atoms with E-state index in [0.717, 1.165) is 0 Å². The van der Waals surface area contributed by atoms with Crippen molar-refractivity contribution in [3.8, 4) is 0 Å². The summed E-state index contributed by atoms with van der Waals surface area (Å²) in [5.74, 6) is 5.10. The average molecular weight is 291 g/mol. The summed E-state index contributed by atoms with van der Waals surface area (Å²) < 4.78 is 0. The lowest BCUT2D eigenvalue weighted by Gasteiger charge is -1.99. The van der Waals surface area contributed by atoms with Gasteiger partial charge in [-0.15, -0.1) is 0 Å². The Kier molecular flexibility index (Phi) is 22.3. The van der Waals surface area contributed by atoms with Gasteiger partial charge in [0.15, 0.2) is 0 Å². The molecule has 0 aromatic carbocycles. The van der Waals surface area contributed by atoms with E-state index in [1.54, 1.807) is 0 Å². The zero-order valence-corrected chi connectivity index (χ0v) is 13.8. The zero-order valence-electron chi connectivity index (χ0n) is 12.9. The maximum atomic E-state index is 10.1. The molecule has 0 rings (SSSR count). The summed E-state index contributed by atoms with van der Waals surface area (Å²) in [7, 11) is 0. The van der Waals surface area contributed by atoms with Crippen LogP contribution in [0.1, 0.15) is 84.5 Å². The number of nitrogens with one attached hydrogen (secondary N) is 1. The largest absolute Gasteiger partial charge is 0.294 e. The van der Waals surface area contributed by atoms with Crippen molar-refractivity contribution < 1.29 is 4.79 Å². The van der Waals surface area contributed by atoms with Crippen molar-refractivity contribution in [3.63, 3.8) is 0 Å². The lowest BCUT2D eigenvalue weighted by atomic mass is 10.1. The minimum atomic E-state index is -0.171. The molecule has 0 spiro atoms. The Hall–Kier alpha value is -0.220. The predicted molar refractivity (Wildman–Crippen MR) is 88.3 cm³/mol. The molecule has 0 radical (unpaired) electrons. The molecule has 0 fully saturated rings. The average Bonchev–Trinajstić information content (AvgIpc) is 2.43. The zero-order chi connectivity index (χ0) is 14.8. The van der Waals surface area contributed by atoms with Gasteiger partial charge in [-0.05, 0) is 5.75 Å². The van der Waals surface area contributed by atoms with Crippen LogP contribution in [0.15, 0.2) is 0 Å². The van der Waals surface area contributed by atoms with Gasteiger partial charge >= 0.3 is 0 Å². The number of thiol groups is 1. The quantitative estimate of drug-likeness (QED) is 0.175. The number of amides is 1. The molecule has 0 aromatic heterocycles. The van der Waals surface area contributed by atoms with Gasteiger partial charge in [-0.2, -0.15) is 12.6 Å². The number of rotatable bonds is 11. The molecular weight excluding hydrogens is 256 g/mol. The fourth-order valence-electron chi connectivity index (χ4n) is 1.73. The Bertz CT molecular complexity index is 168. The minimum absolute atomic E-state index is 0.171. The van der Waals surface area contributed by atoms with Crippen LogP contribution in [0, 0.1) is 0 Å². The predicted octanol–water partition coefficient (Wildman–Crippen LogP) is 4.22. The summed E-state index contributed by atoms with van der Waals surface area (Å²) in [6.45, 7) is 4.56. The number of carbonyl (C=O) groups excluding carboxylic acids is 1. The molecule has 0 saturated heterocycles. The Balaban J connectivity index is 0. The van der Waals surface area contributed by atoms with Crippen molar-refractivity contribution in [2.24, 2.45) is 5.84 Å². The van der Waals surface area contributed by atoms with Gasteiger partial charge in [-0.3, -0.25) is 10.2 Å². The molecule has 0 heterocycles. The third-order valence-corrected chi connectivity index (χ3v) is 3.18. The first-order valence-corrected chi connectivity index (χ1v) is 8.46. The van der Waals surface area contributed by atoms with Crippen molar-refractivity contribution in [1.29, 1.82) is 0 Å². The van der Waals surface area contributed by atoms with Crippen LogP contribution in [0.3, 0.4) is 0 Å². The molecule has 19 heavy (non-hydrogen) atoms. The van der Waals surface area contributed by atoms with E-state index in [4.69, 9.17) is 5.84 Å². The van der Waals surface area contributed by atoms with Crippen molar-refractivity contribution in [1.82, 2.24) is 5.43 Å². The van der Waals surface area contributed by atoms with E-state index in [1.807, 2.05) is 5.43 Å². The Morgan fingerprint density at radius 1 is 0.895 bits per heavy atom. The fraction of sp³-hybridized carbons (Fsp3) is 0.933. The molecule has 0 bridgehead atoms. The summed E-state index contributed by atoms with van der Waals surface area (Å²) >= 11 is 3.80. The summed E-state index contributed by atoms with van der Waals surface area (Å²) in [5, 5.41) is 0. The van der Waals surface area contributed by atoms with Gasteiger partial charge in [0, 0.05) is 6.42 Å². The molecule has 0 aliphatic rings. The summed E-state index contributed by atoms with van der Waals surface area (Å²) in [6, 6.07) is 0. The van der Waals surface area contributed by atoms with Crippen molar-refractivity contribution in [3.05, 3.63) is 0 Å². The summed E-state index contributed by atoms with van der Waals surface area (Å²) in [4.78, 5) is 10.1. The van der Waals surface area contributed by atoms with E-state index in [9.17, 15) is 4.79 Å². The number of nitrogens with two attached hydrogens (primary N) is 1. The van der Waals surface area contributed by atoms with Crippen molar-refractivity contribution >= 4 is 18.5 Å².